The highest BCUT2D eigenvalue weighted by atomic mass is 16.1. The van der Waals surface area contributed by atoms with Crippen molar-refractivity contribution in [1.29, 1.82) is 0 Å². The number of hydrogen-bond acceptors (Lipinski definition) is 2. The van der Waals surface area contributed by atoms with Crippen molar-refractivity contribution < 1.29 is 4.79 Å². The molecule has 1 aliphatic heterocycles. The van der Waals surface area contributed by atoms with E-state index in [4.69, 9.17) is 0 Å². The van der Waals surface area contributed by atoms with E-state index in [9.17, 15) is 4.79 Å². The van der Waals surface area contributed by atoms with Crippen LogP contribution in [0.25, 0.3) is 0 Å². The fourth-order valence-corrected chi connectivity index (χ4v) is 2.14. The minimum absolute atomic E-state index is 0.0234. The third-order valence-corrected chi connectivity index (χ3v) is 3.02. The van der Waals surface area contributed by atoms with Gasteiger partial charge >= 0.3 is 0 Å². The largest absolute Gasteiger partial charge is 0.352 e. The lowest BCUT2D eigenvalue weighted by Gasteiger charge is -2.10. The smallest absolute Gasteiger partial charge is 0.251 e. The predicted octanol–water partition coefficient (Wildman–Crippen LogP) is 1.51. The molecular weight excluding hydrogens is 200 g/mol. The van der Waals surface area contributed by atoms with Crippen LogP contribution in [0, 0.1) is 0 Å². The zero-order valence-electron chi connectivity index (χ0n) is 9.62. The number of carbonyl (C=O) groups excluding carboxylic acids is 1. The summed E-state index contributed by atoms with van der Waals surface area (Å²) >= 11 is 0. The van der Waals surface area contributed by atoms with E-state index in [0.717, 1.165) is 18.7 Å². The summed E-state index contributed by atoms with van der Waals surface area (Å²) in [6, 6.07) is 7.97. The van der Waals surface area contributed by atoms with Crippen molar-refractivity contribution in [3.05, 3.63) is 35.4 Å². The Hall–Kier alpha value is -1.35. The Morgan fingerprint density at radius 3 is 3.12 bits per heavy atom. The second-order valence-electron chi connectivity index (χ2n) is 4.17. The number of rotatable bonds is 3. The zero-order chi connectivity index (χ0) is 11.4. The van der Waals surface area contributed by atoms with Gasteiger partial charge in [-0.1, -0.05) is 12.1 Å². The van der Waals surface area contributed by atoms with Crippen molar-refractivity contribution in [2.24, 2.45) is 0 Å². The van der Waals surface area contributed by atoms with Crippen LogP contribution in [0.1, 0.15) is 35.2 Å². The van der Waals surface area contributed by atoms with Gasteiger partial charge in [0.05, 0.1) is 0 Å². The van der Waals surface area contributed by atoms with Gasteiger partial charge in [0, 0.05) is 18.7 Å². The fraction of sp³-hybridized carbons (Fsp3) is 0.462. The predicted molar refractivity (Wildman–Crippen MR) is 64.7 cm³/mol. The van der Waals surface area contributed by atoms with E-state index in [1.807, 2.05) is 25.1 Å². The highest BCUT2D eigenvalue weighted by Crippen LogP contribution is 2.22. The van der Waals surface area contributed by atoms with Crippen LogP contribution in [-0.2, 0) is 0 Å². The van der Waals surface area contributed by atoms with Gasteiger partial charge in [-0.25, -0.2) is 0 Å². The first kappa shape index (κ1) is 11.1. The summed E-state index contributed by atoms with van der Waals surface area (Å²) in [5, 5.41) is 6.17. The quantitative estimate of drug-likeness (QED) is 0.807. The summed E-state index contributed by atoms with van der Waals surface area (Å²) < 4.78 is 0. The van der Waals surface area contributed by atoms with E-state index < -0.39 is 0 Å². The van der Waals surface area contributed by atoms with Gasteiger partial charge in [-0.2, -0.15) is 0 Å². The Bertz CT molecular complexity index is 370. The second kappa shape index (κ2) is 5.12. The molecule has 1 aromatic carbocycles. The molecular formula is C13H18N2O. The maximum atomic E-state index is 11.7. The lowest BCUT2D eigenvalue weighted by atomic mass is 9.96. The molecule has 1 aromatic rings. The topological polar surface area (TPSA) is 41.1 Å². The molecule has 2 rings (SSSR count). The lowest BCUT2D eigenvalue weighted by molar-refractivity contribution is 0.0955. The third kappa shape index (κ3) is 2.42. The normalized spacial score (nSPS) is 19.7. The summed E-state index contributed by atoms with van der Waals surface area (Å²) in [7, 11) is 0. The van der Waals surface area contributed by atoms with E-state index in [1.54, 1.807) is 0 Å². The molecule has 3 heteroatoms. The lowest BCUT2D eigenvalue weighted by Crippen LogP contribution is -2.22. The summed E-state index contributed by atoms with van der Waals surface area (Å²) in [4.78, 5) is 11.7. The Labute approximate surface area is 96.2 Å². The highest BCUT2D eigenvalue weighted by Gasteiger charge is 2.17. The monoisotopic (exact) mass is 218 g/mol. The number of benzene rings is 1. The van der Waals surface area contributed by atoms with E-state index in [-0.39, 0.29) is 5.91 Å². The van der Waals surface area contributed by atoms with Gasteiger partial charge in [0.25, 0.3) is 5.91 Å². The molecule has 0 aliphatic carbocycles. The van der Waals surface area contributed by atoms with Crippen LogP contribution in [0.15, 0.2) is 24.3 Å². The SMILES string of the molecule is CCNC(=O)c1cccc(C2CCNC2)c1. The Morgan fingerprint density at radius 2 is 2.44 bits per heavy atom. The zero-order valence-corrected chi connectivity index (χ0v) is 9.62. The number of hydrogen-bond donors (Lipinski definition) is 2. The molecule has 0 aromatic heterocycles. The first-order chi connectivity index (χ1) is 7.81. The van der Waals surface area contributed by atoms with Gasteiger partial charge < -0.3 is 10.6 Å². The highest BCUT2D eigenvalue weighted by molar-refractivity contribution is 5.94. The van der Waals surface area contributed by atoms with Gasteiger partial charge in [0.15, 0.2) is 0 Å². The summed E-state index contributed by atoms with van der Waals surface area (Å²) in [6.45, 7) is 4.71. The average molecular weight is 218 g/mol. The van der Waals surface area contributed by atoms with Crippen molar-refractivity contribution in [1.82, 2.24) is 10.6 Å². The van der Waals surface area contributed by atoms with Gasteiger partial charge in [0.1, 0.15) is 0 Å². The van der Waals surface area contributed by atoms with Crippen molar-refractivity contribution in [3.63, 3.8) is 0 Å². The van der Waals surface area contributed by atoms with Crippen LogP contribution in [0.5, 0.6) is 0 Å². The van der Waals surface area contributed by atoms with E-state index in [2.05, 4.69) is 16.7 Å². The summed E-state index contributed by atoms with van der Waals surface area (Å²) in [6.07, 6.45) is 1.17. The molecule has 0 spiro atoms. The molecule has 1 saturated heterocycles. The molecule has 1 heterocycles. The van der Waals surface area contributed by atoms with Crippen LogP contribution in [-0.4, -0.2) is 25.5 Å². The Kier molecular flexibility index (Phi) is 3.57. The molecule has 3 nitrogen and oxygen atoms in total. The van der Waals surface area contributed by atoms with Gasteiger partial charge in [-0.05, 0) is 43.5 Å². The second-order valence-corrected chi connectivity index (χ2v) is 4.17. The minimum Gasteiger partial charge on any atom is -0.352 e. The van der Waals surface area contributed by atoms with Gasteiger partial charge in [-0.3, -0.25) is 4.79 Å². The van der Waals surface area contributed by atoms with Crippen molar-refractivity contribution >= 4 is 5.91 Å². The minimum atomic E-state index is 0.0234. The molecule has 1 amide bonds. The van der Waals surface area contributed by atoms with E-state index >= 15 is 0 Å². The van der Waals surface area contributed by atoms with E-state index in [0.29, 0.717) is 12.5 Å². The van der Waals surface area contributed by atoms with Crippen molar-refractivity contribution in [3.8, 4) is 0 Å². The molecule has 1 fully saturated rings. The van der Waals surface area contributed by atoms with Crippen LogP contribution in [0.3, 0.4) is 0 Å². The number of carbonyl (C=O) groups is 1. The molecule has 0 radical (unpaired) electrons. The molecule has 0 bridgehead atoms. The molecule has 0 saturated carbocycles. The molecule has 1 aliphatic rings. The van der Waals surface area contributed by atoms with Gasteiger partial charge in [-0.15, -0.1) is 0 Å². The van der Waals surface area contributed by atoms with Crippen LogP contribution < -0.4 is 10.6 Å². The molecule has 2 N–H and O–H groups in total. The Balaban J connectivity index is 2.15. The van der Waals surface area contributed by atoms with Crippen LogP contribution >= 0.6 is 0 Å². The Morgan fingerprint density at radius 1 is 1.56 bits per heavy atom. The van der Waals surface area contributed by atoms with Crippen molar-refractivity contribution in [2.45, 2.75) is 19.3 Å². The van der Waals surface area contributed by atoms with Gasteiger partial charge in [0.2, 0.25) is 0 Å². The third-order valence-electron chi connectivity index (χ3n) is 3.02. The number of amides is 1. The van der Waals surface area contributed by atoms with Crippen molar-refractivity contribution in [2.75, 3.05) is 19.6 Å². The molecule has 1 atom stereocenters. The molecule has 1 unspecified atom stereocenters. The maximum Gasteiger partial charge on any atom is 0.251 e. The first-order valence-electron chi connectivity index (χ1n) is 5.90. The van der Waals surface area contributed by atoms with Crippen LogP contribution in [0.4, 0.5) is 0 Å². The first-order valence-corrected chi connectivity index (χ1v) is 5.90. The summed E-state index contributed by atoms with van der Waals surface area (Å²) in [5.74, 6) is 0.588. The fourth-order valence-electron chi connectivity index (χ4n) is 2.14. The molecule has 16 heavy (non-hydrogen) atoms. The maximum absolute atomic E-state index is 11.7. The van der Waals surface area contributed by atoms with Crippen LogP contribution in [0.2, 0.25) is 0 Å². The molecule has 86 valence electrons. The summed E-state index contributed by atoms with van der Waals surface area (Å²) in [5.41, 5.74) is 2.04. The average Bonchev–Trinajstić information content (AvgIpc) is 2.83. The standard InChI is InChI=1S/C13H18N2O/c1-2-15-13(16)11-5-3-4-10(8-11)12-6-7-14-9-12/h3-5,8,12,14H,2,6-7,9H2,1H3,(H,15,16). The van der Waals surface area contributed by atoms with E-state index in [1.165, 1.54) is 12.0 Å². The number of nitrogens with one attached hydrogen (secondary N) is 2.